The van der Waals surface area contributed by atoms with Gasteiger partial charge in [-0.25, -0.2) is 9.98 Å². The van der Waals surface area contributed by atoms with Crippen LogP contribution in [-0.4, -0.2) is 27.7 Å². The number of hydrogen-bond donors (Lipinski definition) is 5. The largest absolute Gasteiger partial charge is 0.508 e. The summed E-state index contributed by atoms with van der Waals surface area (Å²) >= 11 is 0. The molecule has 3 rings (SSSR count). The maximum absolute atomic E-state index is 10.8. The Bertz CT molecular complexity index is 941. The van der Waals surface area contributed by atoms with Crippen molar-refractivity contribution in [1.82, 2.24) is 10.6 Å². The molecule has 1 unspecified atom stereocenters. The van der Waals surface area contributed by atoms with Crippen molar-refractivity contribution in [3.8, 4) is 5.75 Å². The predicted octanol–water partition coefficient (Wildman–Crippen LogP) is 1.47. The molecule has 0 saturated heterocycles. The highest BCUT2D eigenvalue weighted by atomic mass is 16.6. The summed E-state index contributed by atoms with van der Waals surface area (Å²) < 4.78 is 0. The molecule has 2 aromatic rings. The fraction of sp³-hybridized carbons (Fsp3) is 0.263. The van der Waals surface area contributed by atoms with Gasteiger partial charge in [0.2, 0.25) is 5.96 Å². The number of guanidine groups is 2. The molecular weight excluding hydrogens is 374 g/mol. The van der Waals surface area contributed by atoms with Crippen molar-refractivity contribution < 1.29 is 10.0 Å². The van der Waals surface area contributed by atoms with Crippen molar-refractivity contribution in [3.63, 3.8) is 0 Å². The van der Waals surface area contributed by atoms with E-state index < -0.39 is 10.7 Å². The van der Waals surface area contributed by atoms with Crippen LogP contribution in [0.4, 0.5) is 5.69 Å². The predicted molar refractivity (Wildman–Crippen MR) is 110 cm³/mol. The van der Waals surface area contributed by atoms with Crippen LogP contribution in [0, 0.1) is 10.1 Å². The summed E-state index contributed by atoms with van der Waals surface area (Å²) in [4.78, 5) is 19.1. The van der Waals surface area contributed by atoms with Crippen LogP contribution in [0.2, 0.25) is 0 Å². The van der Waals surface area contributed by atoms with E-state index in [0.717, 1.165) is 11.1 Å². The summed E-state index contributed by atoms with van der Waals surface area (Å²) in [5.41, 5.74) is 14.1. The molecule has 0 saturated carbocycles. The molecule has 1 heterocycles. The van der Waals surface area contributed by atoms with E-state index >= 15 is 0 Å². The van der Waals surface area contributed by atoms with E-state index in [1.807, 2.05) is 19.1 Å². The summed E-state index contributed by atoms with van der Waals surface area (Å²) in [5, 5.41) is 26.1. The second-order valence-corrected chi connectivity index (χ2v) is 6.84. The molecule has 10 heteroatoms. The van der Waals surface area contributed by atoms with E-state index in [4.69, 9.17) is 11.5 Å². The van der Waals surface area contributed by atoms with Crippen LogP contribution in [0.5, 0.6) is 5.75 Å². The second kappa shape index (κ2) is 8.15. The number of aromatic hydroxyl groups is 1. The third-order valence-corrected chi connectivity index (χ3v) is 4.54. The maximum atomic E-state index is 10.8. The minimum absolute atomic E-state index is 0.0223. The Morgan fingerprint density at radius 3 is 2.52 bits per heavy atom. The Kier molecular flexibility index (Phi) is 5.64. The van der Waals surface area contributed by atoms with Gasteiger partial charge in [-0.1, -0.05) is 24.3 Å². The summed E-state index contributed by atoms with van der Waals surface area (Å²) in [6.45, 7) is 1.86. The van der Waals surface area contributed by atoms with Crippen molar-refractivity contribution in [2.24, 2.45) is 21.5 Å². The lowest BCUT2D eigenvalue weighted by molar-refractivity contribution is -0.384. The van der Waals surface area contributed by atoms with Crippen molar-refractivity contribution in [3.05, 3.63) is 69.8 Å². The number of nitrogens with two attached hydrogens (primary N) is 2. The van der Waals surface area contributed by atoms with Gasteiger partial charge >= 0.3 is 0 Å². The van der Waals surface area contributed by atoms with Gasteiger partial charge in [-0.05, 0) is 36.6 Å². The van der Waals surface area contributed by atoms with Gasteiger partial charge < -0.3 is 16.2 Å². The number of benzene rings is 2. The molecule has 0 aromatic heterocycles. The summed E-state index contributed by atoms with van der Waals surface area (Å²) in [6, 6.07) is 12.8. The lowest BCUT2D eigenvalue weighted by Gasteiger charge is -2.33. The van der Waals surface area contributed by atoms with E-state index in [9.17, 15) is 15.2 Å². The molecule has 7 N–H and O–H groups in total. The van der Waals surface area contributed by atoms with Crippen molar-refractivity contribution in [2.75, 3.05) is 0 Å². The van der Waals surface area contributed by atoms with Gasteiger partial charge in [0.1, 0.15) is 5.75 Å². The Morgan fingerprint density at radius 1 is 1.24 bits per heavy atom. The molecule has 2 atom stereocenters. The van der Waals surface area contributed by atoms with Gasteiger partial charge in [0.25, 0.3) is 5.69 Å². The van der Waals surface area contributed by atoms with Crippen molar-refractivity contribution >= 4 is 17.6 Å². The normalized spacial score (nSPS) is 21.0. The first-order chi connectivity index (χ1) is 13.7. The minimum Gasteiger partial charge on any atom is -0.508 e. The summed E-state index contributed by atoms with van der Waals surface area (Å²) in [5.74, 6) is -0.419. The van der Waals surface area contributed by atoms with Crippen LogP contribution in [-0.2, 0) is 6.42 Å². The fourth-order valence-electron chi connectivity index (χ4n) is 2.95. The van der Waals surface area contributed by atoms with Crippen LogP contribution < -0.4 is 22.1 Å². The first-order valence-electron chi connectivity index (χ1n) is 9.03. The molecule has 0 spiro atoms. The van der Waals surface area contributed by atoms with Gasteiger partial charge in [-0.3, -0.25) is 21.2 Å². The molecule has 1 aliphatic rings. The van der Waals surface area contributed by atoms with Gasteiger partial charge in [-0.15, -0.1) is 0 Å². The molecule has 2 aromatic carbocycles. The third kappa shape index (κ3) is 5.20. The lowest BCUT2D eigenvalue weighted by atomic mass is 10.1. The highest BCUT2D eigenvalue weighted by Gasteiger charge is 2.30. The number of non-ortho nitro benzene ring substituents is 1. The molecule has 0 fully saturated rings. The zero-order valence-corrected chi connectivity index (χ0v) is 15.9. The van der Waals surface area contributed by atoms with Crippen LogP contribution in [0.3, 0.4) is 0 Å². The van der Waals surface area contributed by atoms with Crippen LogP contribution in [0.25, 0.3) is 0 Å². The maximum Gasteiger partial charge on any atom is 0.269 e. The molecule has 29 heavy (non-hydrogen) atoms. The molecule has 1 aliphatic heterocycles. The van der Waals surface area contributed by atoms with Crippen molar-refractivity contribution in [2.45, 2.75) is 31.6 Å². The van der Waals surface area contributed by atoms with E-state index in [1.165, 1.54) is 12.1 Å². The van der Waals surface area contributed by atoms with Gasteiger partial charge in [0.15, 0.2) is 11.7 Å². The Morgan fingerprint density at radius 2 is 1.90 bits per heavy atom. The average Bonchev–Trinajstić information content (AvgIpc) is 2.67. The van der Waals surface area contributed by atoms with Crippen molar-refractivity contribution in [1.29, 1.82) is 0 Å². The second-order valence-electron chi connectivity index (χ2n) is 6.84. The Labute approximate surface area is 167 Å². The van der Waals surface area contributed by atoms with Gasteiger partial charge in [0, 0.05) is 18.6 Å². The number of nitrogens with one attached hydrogen (secondary N) is 2. The quantitative estimate of drug-likeness (QED) is 0.364. The number of nitro benzene ring substituents is 1. The number of aliphatic imine (C=N–C) groups is 2. The topological polar surface area (TPSA) is 164 Å². The van der Waals surface area contributed by atoms with E-state index in [1.54, 1.807) is 24.3 Å². The van der Waals surface area contributed by atoms with E-state index in [0.29, 0.717) is 18.8 Å². The first-order valence-corrected chi connectivity index (χ1v) is 9.03. The fourth-order valence-corrected chi connectivity index (χ4v) is 2.95. The zero-order valence-electron chi connectivity index (χ0n) is 15.9. The van der Waals surface area contributed by atoms with Gasteiger partial charge in [0.05, 0.1) is 11.0 Å². The summed E-state index contributed by atoms with van der Waals surface area (Å²) in [7, 11) is 0. The first kappa shape index (κ1) is 20.1. The molecule has 152 valence electrons. The Balaban J connectivity index is 1.70. The SMILES string of the molecule is C[C@H](N=C1NC(N)=NC(N)(CCc2ccc(O)cc2)N1)c1ccc([N+](=O)[O-])cc1. The number of nitro groups is 1. The lowest BCUT2D eigenvalue weighted by Crippen LogP contribution is -2.64. The minimum atomic E-state index is -1.14. The van der Waals surface area contributed by atoms with Crippen LogP contribution in [0.15, 0.2) is 58.5 Å². The molecule has 0 aliphatic carbocycles. The third-order valence-electron chi connectivity index (χ3n) is 4.54. The van der Waals surface area contributed by atoms with Crippen LogP contribution >= 0.6 is 0 Å². The molecule has 0 bridgehead atoms. The average molecular weight is 397 g/mol. The Hall–Kier alpha value is -3.66. The molecule has 0 amide bonds. The number of nitrogens with zero attached hydrogens (tertiary/aromatic N) is 3. The molecule has 10 nitrogen and oxygen atoms in total. The number of aryl methyl sites for hydroxylation is 1. The standard InChI is InChI=1S/C19H23N7O3/c1-12(14-4-6-15(7-5-14)26(28)29)22-18-23-17(20)24-19(21,25-18)11-10-13-2-8-16(27)9-3-13/h2-9,12,27H,10-11,21H2,1H3,(H4,20,22,23,24,25)/t12-,19?/m0/s1. The monoisotopic (exact) mass is 397 g/mol. The van der Waals surface area contributed by atoms with E-state index in [2.05, 4.69) is 20.6 Å². The highest BCUT2D eigenvalue weighted by Crippen LogP contribution is 2.21. The van der Waals surface area contributed by atoms with Gasteiger partial charge in [-0.2, -0.15) is 0 Å². The molecular formula is C19H23N7O3. The number of rotatable bonds is 6. The number of hydrogen-bond acceptors (Lipinski definition) is 7. The zero-order chi connectivity index (χ0) is 21.0. The smallest absolute Gasteiger partial charge is 0.269 e. The molecule has 0 radical (unpaired) electrons. The summed E-state index contributed by atoms with van der Waals surface area (Å²) in [6.07, 6.45) is 1.07. The number of phenols is 1. The number of phenolic OH excluding ortho intramolecular Hbond substituents is 1. The van der Waals surface area contributed by atoms with E-state index in [-0.39, 0.29) is 23.4 Å². The van der Waals surface area contributed by atoms with Crippen LogP contribution in [0.1, 0.15) is 30.5 Å². The highest BCUT2D eigenvalue weighted by molar-refractivity contribution is 6.00.